The highest BCUT2D eigenvalue weighted by Crippen LogP contribution is 2.31. The van der Waals surface area contributed by atoms with E-state index in [-0.39, 0.29) is 12.1 Å². The fourth-order valence-electron chi connectivity index (χ4n) is 3.21. The first kappa shape index (κ1) is 23.5. The van der Waals surface area contributed by atoms with Crippen LogP contribution >= 0.6 is 0 Å². The van der Waals surface area contributed by atoms with Crippen molar-refractivity contribution in [1.29, 1.82) is 0 Å². The van der Waals surface area contributed by atoms with Gasteiger partial charge in [0.15, 0.2) is 6.17 Å². The number of alkyl halides is 1. The smallest absolute Gasteiger partial charge is 0.266 e. The maximum absolute atomic E-state index is 14.6. The summed E-state index contributed by atoms with van der Waals surface area (Å²) in [4.78, 5) is 12.2. The number of halogens is 1. The maximum atomic E-state index is 14.6. The standard InChI is InChI=1S/C24H29FN2O3/c1-17(2)21(25)24(4,29)23(3,22(28)27-30)26-16-8-9-18-12-14-20(15-13-18)19-10-6-5-7-11-19/h5-15,21,26,29-30H,1,16H2,2-4H3,(H,27,28)/b9-8+. The van der Waals surface area contributed by atoms with E-state index in [0.717, 1.165) is 16.7 Å². The number of amides is 1. The molecule has 0 aromatic heterocycles. The summed E-state index contributed by atoms with van der Waals surface area (Å²) in [6, 6.07) is 18.0. The number of benzene rings is 2. The zero-order valence-corrected chi connectivity index (χ0v) is 17.5. The van der Waals surface area contributed by atoms with Gasteiger partial charge in [-0.3, -0.25) is 15.3 Å². The molecule has 0 aliphatic carbocycles. The fourth-order valence-corrected chi connectivity index (χ4v) is 3.21. The molecule has 2 aromatic carbocycles. The van der Waals surface area contributed by atoms with Crippen LogP contribution in [0.5, 0.6) is 0 Å². The third-order valence-electron chi connectivity index (χ3n) is 5.40. The van der Waals surface area contributed by atoms with Gasteiger partial charge in [0.05, 0.1) is 0 Å². The molecule has 3 unspecified atom stereocenters. The van der Waals surface area contributed by atoms with Crippen LogP contribution in [0, 0.1) is 0 Å². The van der Waals surface area contributed by atoms with E-state index in [1.54, 1.807) is 6.08 Å². The molecule has 5 nitrogen and oxygen atoms in total. The van der Waals surface area contributed by atoms with E-state index in [2.05, 4.69) is 11.9 Å². The number of aliphatic hydroxyl groups is 1. The van der Waals surface area contributed by atoms with E-state index in [9.17, 15) is 14.3 Å². The van der Waals surface area contributed by atoms with Gasteiger partial charge in [0.1, 0.15) is 11.1 Å². The minimum Gasteiger partial charge on any atom is -0.384 e. The zero-order chi connectivity index (χ0) is 22.4. The molecule has 0 saturated heterocycles. The fraction of sp³-hybridized carbons (Fsp3) is 0.292. The number of carbonyl (C=O) groups is 1. The molecule has 3 atom stereocenters. The van der Waals surface area contributed by atoms with Crippen LogP contribution in [0.4, 0.5) is 4.39 Å². The van der Waals surface area contributed by atoms with Crippen LogP contribution < -0.4 is 10.8 Å². The maximum Gasteiger partial charge on any atom is 0.266 e. The lowest BCUT2D eigenvalue weighted by Crippen LogP contribution is -2.70. The molecule has 1 amide bonds. The molecule has 0 fully saturated rings. The van der Waals surface area contributed by atoms with Crippen LogP contribution in [0.2, 0.25) is 0 Å². The van der Waals surface area contributed by atoms with Crippen LogP contribution in [-0.4, -0.2) is 40.1 Å². The number of hydroxylamine groups is 1. The number of hydrogen-bond donors (Lipinski definition) is 4. The largest absolute Gasteiger partial charge is 0.384 e. The lowest BCUT2D eigenvalue weighted by atomic mass is 9.76. The Morgan fingerprint density at radius 2 is 1.70 bits per heavy atom. The third kappa shape index (κ3) is 5.02. The summed E-state index contributed by atoms with van der Waals surface area (Å²) in [5.74, 6) is -0.947. The summed E-state index contributed by atoms with van der Waals surface area (Å²) >= 11 is 0. The molecule has 2 aromatic rings. The zero-order valence-electron chi connectivity index (χ0n) is 17.5. The van der Waals surface area contributed by atoms with Gasteiger partial charge in [-0.25, -0.2) is 9.87 Å². The molecule has 160 valence electrons. The number of carbonyl (C=O) groups excluding carboxylic acids is 1. The monoisotopic (exact) mass is 412 g/mol. The van der Waals surface area contributed by atoms with Crippen molar-refractivity contribution in [3.05, 3.63) is 78.4 Å². The summed E-state index contributed by atoms with van der Waals surface area (Å²) in [7, 11) is 0. The van der Waals surface area contributed by atoms with Crippen LogP contribution in [0.25, 0.3) is 17.2 Å². The van der Waals surface area contributed by atoms with Gasteiger partial charge in [0, 0.05) is 6.54 Å². The summed E-state index contributed by atoms with van der Waals surface area (Å²) < 4.78 is 14.6. The van der Waals surface area contributed by atoms with Gasteiger partial charge >= 0.3 is 0 Å². The second kappa shape index (κ2) is 9.80. The van der Waals surface area contributed by atoms with Crippen LogP contribution in [-0.2, 0) is 4.79 Å². The van der Waals surface area contributed by atoms with Crippen molar-refractivity contribution in [2.24, 2.45) is 0 Å². The molecule has 6 heteroatoms. The molecule has 0 aliphatic heterocycles. The molecular formula is C24H29FN2O3. The number of nitrogens with one attached hydrogen (secondary N) is 2. The molecule has 0 aliphatic rings. The first-order chi connectivity index (χ1) is 14.1. The Bertz CT molecular complexity index is 894. The highest BCUT2D eigenvalue weighted by molar-refractivity contribution is 5.86. The van der Waals surface area contributed by atoms with E-state index in [1.165, 1.54) is 26.3 Å². The Hall–Kier alpha value is -2.80. The molecule has 0 radical (unpaired) electrons. The normalized spacial score (nSPS) is 16.5. The number of hydrogen-bond acceptors (Lipinski definition) is 4. The molecule has 0 saturated carbocycles. The average Bonchev–Trinajstić information content (AvgIpc) is 2.76. The minimum absolute atomic E-state index is 0.0767. The second-order valence-electron chi connectivity index (χ2n) is 7.69. The Balaban J connectivity index is 2.10. The van der Waals surface area contributed by atoms with E-state index >= 15 is 0 Å². The Kier molecular flexibility index (Phi) is 7.67. The van der Waals surface area contributed by atoms with E-state index in [0.29, 0.717) is 0 Å². The quantitative estimate of drug-likeness (QED) is 0.286. The van der Waals surface area contributed by atoms with Gasteiger partial charge in [-0.2, -0.15) is 0 Å². The summed E-state index contributed by atoms with van der Waals surface area (Å²) in [5.41, 5.74) is 0.807. The topological polar surface area (TPSA) is 81.6 Å². The second-order valence-corrected chi connectivity index (χ2v) is 7.69. The van der Waals surface area contributed by atoms with Crippen molar-refractivity contribution in [3.63, 3.8) is 0 Å². The summed E-state index contributed by atoms with van der Waals surface area (Å²) in [6.07, 6.45) is 1.73. The van der Waals surface area contributed by atoms with Crippen LogP contribution in [0.3, 0.4) is 0 Å². The van der Waals surface area contributed by atoms with Crippen molar-refractivity contribution < 1.29 is 19.5 Å². The highest BCUT2D eigenvalue weighted by atomic mass is 19.1. The van der Waals surface area contributed by atoms with Gasteiger partial charge in [0.25, 0.3) is 5.91 Å². The van der Waals surface area contributed by atoms with Gasteiger partial charge in [-0.1, -0.05) is 73.3 Å². The van der Waals surface area contributed by atoms with Crippen molar-refractivity contribution in [3.8, 4) is 11.1 Å². The Morgan fingerprint density at radius 3 is 2.23 bits per heavy atom. The van der Waals surface area contributed by atoms with Gasteiger partial charge in [-0.05, 0) is 43.0 Å². The van der Waals surface area contributed by atoms with Crippen LogP contribution in [0.15, 0.2) is 72.8 Å². The summed E-state index contributed by atoms with van der Waals surface area (Å²) in [5, 5.41) is 22.7. The first-order valence-corrected chi connectivity index (χ1v) is 9.67. The van der Waals surface area contributed by atoms with Crippen molar-refractivity contribution in [2.75, 3.05) is 6.54 Å². The van der Waals surface area contributed by atoms with E-state index < -0.39 is 23.2 Å². The van der Waals surface area contributed by atoms with Gasteiger partial charge < -0.3 is 5.11 Å². The molecule has 2 rings (SSSR count). The van der Waals surface area contributed by atoms with Crippen molar-refractivity contribution in [1.82, 2.24) is 10.8 Å². The molecular weight excluding hydrogens is 383 g/mol. The Labute approximate surface area is 176 Å². The SMILES string of the molecule is C=C(C)C(F)C(C)(O)C(C)(NC/C=C/c1ccc(-c2ccccc2)cc1)C(=O)NO. The van der Waals surface area contributed by atoms with Crippen LogP contribution in [0.1, 0.15) is 26.3 Å². The molecule has 30 heavy (non-hydrogen) atoms. The summed E-state index contributed by atoms with van der Waals surface area (Å²) in [6.45, 7) is 7.62. The third-order valence-corrected chi connectivity index (χ3v) is 5.40. The van der Waals surface area contributed by atoms with E-state index in [4.69, 9.17) is 5.21 Å². The molecule has 0 spiro atoms. The molecule has 0 bridgehead atoms. The average molecular weight is 413 g/mol. The van der Waals surface area contributed by atoms with Gasteiger partial charge in [0.2, 0.25) is 0 Å². The predicted molar refractivity (Wildman–Crippen MR) is 118 cm³/mol. The van der Waals surface area contributed by atoms with E-state index in [1.807, 2.05) is 60.7 Å². The highest BCUT2D eigenvalue weighted by Gasteiger charge is 2.54. The van der Waals surface area contributed by atoms with Gasteiger partial charge in [-0.15, -0.1) is 0 Å². The predicted octanol–water partition coefficient (Wildman–Crippen LogP) is 3.89. The lowest BCUT2D eigenvalue weighted by molar-refractivity contribution is -0.152. The minimum atomic E-state index is -2.14. The van der Waals surface area contributed by atoms with Crippen molar-refractivity contribution >= 4 is 12.0 Å². The van der Waals surface area contributed by atoms with Crippen molar-refractivity contribution in [2.45, 2.75) is 38.1 Å². The molecule has 0 heterocycles. The first-order valence-electron chi connectivity index (χ1n) is 9.67. The number of rotatable bonds is 9. The Morgan fingerprint density at radius 1 is 1.13 bits per heavy atom. The lowest BCUT2D eigenvalue weighted by Gasteiger charge is -2.43. The molecule has 4 N–H and O–H groups in total.